The van der Waals surface area contributed by atoms with Crippen LogP contribution in [-0.4, -0.2) is 39.4 Å². The van der Waals surface area contributed by atoms with Gasteiger partial charge in [-0.3, -0.25) is 4.90 Å². The molecular formula is C14H19ClN4OS. The maximum Gasteiger partial charge on any atom is 0.198 e. The van der Waals surface area contributed by atoms with Gasteiger partial charge >= 0.3 is 0 Å². The van der Waals surface area contributed by atoms with Crippen LogP contribution in [0, 0.1) is 11.7 Å². The van der Waals surface area contributed by atoms with Crippen LogP contribution in [0.15, 0.2) is 24.3 Å². The average Bonchev–Trinajstić information content (AvgIpc) is 2.68. The van der Waals surface area contributed by atoms with Gasteiger partial charge in [-0.25, -0.2) is 4.68 Å². The zero-order valence-corrected chi connectivity index (χ0v) is 14.0. The van der Waals surface area contributed by atoms with E-state index in [-0.39, 0.29) is 0 Å². The smallest absolute Gasteiger partial charge is 0.198 e. The molecule has 0 amide bonds. The zero-order chi connectivity index (χ0) is 15.4. The first-order valence-corrected chi connectivity index (χ1v) is 7.43. The summed E-state index contributed by atoms with van der Waals surface area (Å²) in [5.41, 5.74) is 0. The van der Waals surface area contributed by atoms with Crippen molar-refractivity contribution >= 4 is 23.8 Å². The molecule has 21 heavy (non-hydrogen) atoms. The summed E-state index contributed by atoms with van der Waals surface area (Å²) in [5.74, 6) is 1.73. The summed E-state index contributed by atoms with van der Waals surface area (Å²) in [6.45, 7) is 3.96. The van der Waals surface area contributed by atoms with E-state index >= 15 is 0 Å². The maximum atomic E-state index is 5.83. The molecule has 0 spiro atoms. The Kier molecular flexibility index (Phi) is 5.39. The Morgan fingerprint density at radius 3 is 2.57 bits per heavy atom. The summed E-state index contributed by atoms with van der Waals surface area (Å²) < 4.78 is 10.1. The number of halogens is 1. The highest BCUT2D eigenvalue weighted by Crippen LogP contribution is 2.15. The molecule has 2 aromatic rings. The molecule has 0 saturated heterocycles. The Hall–Kier alpha value is -1.37. The van der Waals surface area contributed by atoms with Crippen LogP contribution in [0.4, 0.5) is 0 Å². The summed E-state index contributed by atoms with van der Waals surface area (Å²) in [4.78, 5) is 2.11. The number of rotatable bonds is 6. The van der Waals surface area contributed by atoms with E-state index in [1.165, 1.54) is 0 Å². The molecule has 114 valence electrons. The number of nitrogens with zero attached hydrogens (tertiary/aromatic N) is 4. The molecule has 1 aromatic heterocycles. The number of hydrogen-bond donors (Lipinski definition) is 0. The van der Waals surface area contributed by atoms with Gasteiger partial charge in [-0.05, 0) is 50.5 Å². The second-order valence-electron chi connectivity index (χ2n) is 4.91. The topological polar surface area (TPSA) is 35.2 Å². The van der Waals surface area contributed by atoms with Crippen molar-refractivity contribution in [2.24, 2.45) is 7.05 Å². The van der Waals surface area contributed by atoms with Crippen molar-refractivity contribution in [3.05, 3.63) is 39.9 Å². The quantitative estimate of drug-likeness (QED) is 0.765. The van der Waals surface area contributed by atoms with Gasteiger partial charge in [0.1, 0.15) is 18.2 Å². The lowest BCUT2D eigenvalue weighted by atomic mass is 10.3. The summed E-state index contributed by atoms with van der Waals surface area (Å²) in [6.07, 6.45) is 0. The molecule has 7 heteroatoms. The second kappa shape index (κ2) is 7.06. The molecule has 0 radical (unpaired) electrons. The molecule has 2 rings (SSSR count). The van der Waals surface area contributed by atoms with Crippen LogP contribution in [0.3, 0.4) is 0 Å². The number of ether oxygens (including phenoxy) is 1. The van der Waals surface area contributed by atoms with Crippen LogP contribution in [0.25, 0.3) is 0 Å². The van der Waals surface area contributed by atoms with Crippen molar-refractivity contribution in [1.29, 1.82) is 0 Å². The van der Waals surface area contributed by atoms with Crippen LogP contribution in [-0.2, 0) is 13.7 Å². The highest BCUT2D eigenvalue weighted by atomic mass is 35.5. The van der Waals surface area contributed by atoms with Crippen LogP contribution in [0.1, 0.15) is 5.82 Å². The average molecular weight is 327 g/mol. The van der Waals surface area contributed by atoms with E-state index in [1.807, 2.05) is 54.5 Å². The number of likely N-dealkylation sites (N-methyl/N-ethyl adjacent to an activating group) is 1. The molecule has 1 aromatic carbocycles. The van der Waals surface area contributed by atoms with E-state index in [0.29, 0.717) is 18.3 Å². The normalized spacial score (nSPS) is 11.1. The van der Waals surface area contributed by atoms with Gasteiger partial charge in [0.25, 0.3) is 0 Å². The predicted molar refractivity (Wildman–Crippen MR) is 86.3 cm³/mol. The number of benzene rings is 1. The van der Waals surface area contributed by atoms with E-state index in [1.54, 1.807) is 0 Å². The van der Waals surface area contributed by atoms with Crippen molar-refractivity contribution in [2.45, 2.75) is 13.6 Å². The van der Waals surface area contributed by atoms with E-state index in [0.717, 1.165) is 22.9 Å². The minimum atomic E-state index is 0.595. The molecule has 0 atom stereocenters. The SMILES string of the molecule is Cc1nn(CN(C)CCOc2ccc(Cl)cc2)c(=S)n1C. The number of aromatic nitrogens is 3. The molecule has 0 fully saturated rings. The highest BCUT2D eigenvalue weighted by molar-refractivity contribution is 7.71. The van der Waals surface area contributed by atoms with E-state index in [9.17, 15) is 0 Å². The monoisotopic (exact) mass is 326 g/mol. The Morgan fingerprint density at radius 1 is 1.33 bits per heavy atom. The third-order valence-corrected chi connectivity index (χ3v) is 3.93. The van der Waals surface area contributed by atoms with Crippen molar-refractivity contribution in [3.8, 4) is 5.75 Å². The van der Waals surface area contributed by atoms with Gasteiger partial charge < -0.3 is 9.30 Å². The Morgan fingerprint density at radius 2 is 2.00 bits per heavy atom. The van der Waals surface area contributed by atoms with Gasteiger partial charge in [0.2, 0.25) is 0 Å². The minimum Gasteiger partial charge on any atom is -0.492 e. The Labute approximate surface area is 134 Å². The lowest BCUT2D eigenvalue weighted by molar-refractivity contribution is 0.197. The Bertz CT molecular complexity index is 650. The Balaban J connectivity index is 1.82. The first kappa shape index (κ1) is 16.0. The number of hydrogen-bond acceptors (Lipinski definition) is 4. The van der Waals surface area contributed by atoms with Gasteiger partial charge in [-0.1, -0.05) is 11.6 Å². The van der Waals surface area contributed by atoms with Crippen molar-refractivity contribution in [1.82, 2.24) is 19.2 Å². The van der Waals surface area contributed by atoms with E-state index < -0.39 is 0 Å². The third kappa shape index (κ3) is 4.30. The first-order valence-electron chi connectivity index (χ1n) is 6.64. The van der Waals surface area contributed by atoms with Crippen molar-refractivity contribution in [2.75, 3.05) is 20.2 Å². The first-order chi connectivity index (χ1) is 9.97. The molecule has 5 nitrogen and oxygen atoms in total. The van der Waals surface area contributed by atoms with Gasteiger partial charge in [0, 0.05) is 18.6 Å². The molecule has 0 aliphatic carbocycles. The minimum absolute atomic E-state index is 0.595. The summed E-state index contributed by atoms with van der Waals surface area (Å²) in [5, 5.41) is 5.11. The molecule has 0 saturated carbocycles. The van der Waals surface area contributed by atoms with Crippen LogP contribution in [0.2, 0.25) is 5.02 Å². The molecule has 0 bridgehead atoms. The fourth-order valence-electron chi connectivity index (χ4n) is 1.84. The second-order valence-corrected chi connectivity index (χ2v) is 5.71. The highest BCUT2D eigenvalue weighted by Gasteiger charge is 2.06. The molecular weight excluding hydrogens is 308 g/mol. The fraction of sp³-hybridized carbons (Fsp3) is 0.429. The van der Waals surface area contributed by atoms with Crippen molar-refractivity contribution < 1.29 is 4.74 Å². The van der Waals surface area contributed by atoms with E-state index in [2.05, 4.69) is 10.00 Å². The molecule has 0 N–H and O–H groups in total. The predicted octanol–water partition coefficient (Wildman–Crippen LogP) is 2.88. The van der Waals surface area contributed by atoms with Gasteiger partial charge in [0.15, 0.2) is 4.77 Å². The summed E-state index contributed by atoms with van der Waals surface area (Å²) in [6, 6.07) is 7.36. The maximum absolute atomic E-state index is 5.83. The number of aryl methyl sites for hydroxylation is 1. The third-order valence-electron chi connectivity index (χ3n) is 3.19. The van der Waals surface area contributed by atoms with Gasteiger partial charge in [-0.2, -0.15) is 5.10 Å². The molecule has 0 aliphatic heterocycles. The van der Waals surface area contributed by atoms with Gasteiger partial charge in [0.05, 0.1) is 6.67 Å². The standard InChI is InChI=1S/C14H19ClN4OS/c1-11-16-19(14(21)18(11)3)10-17(2)8-9-20-13-6-4-12(15)5-7-13/h4-7H,8-10H2,1-3H3. The molecule has 0 aliphatic rings. The molecule has 0 unspecified atom stereocenters. The summed E-state index contributed by atoms with van der Waals surface area (Å²) in [7, 11) is 3.93. The van der Waals surface area contributed by atoms with Crippen LogP contribution in [0.5, 0.6) is 5.75 Å². The van der Waals surface area contributed by atoms with Gasteiger partial charge in [-0.15, -0.1) is 0 Å². The zero-order valence-electron chi connectivity index (χ0n) is 12.4. The van der Waals surface area contributed by atoms with Crippen molar-refractivity contribution in [3.63, 3.8) is 0 Å². The van der Waals surface area contributed by atoms with Crippen LogP contribution < -0.4 is 4.74 Å². The summed E-state index contributed by atoms with van der Waals surface area (Å²) >= 11 is 11.2. The molecule has 1 heterocycles. The fourth-order valence-corrected chi connectivity index (χ4v) is 2.19. The lowest BCUT2D eigenvalue weighted by Crippen LogP contribution is -2.27. The van der Waals surface area contributed by atoms with E-state index in [4.69, 9.17) is 28.6 Å². The van der Waals surface area contributed by atoms with Crippen LogP contribution >= 0.6 is 23.8 Å². The largest absolute Gasteiger partial charge is 0.492 e. The lowest BCUT2D eigenvalue weighted by Gasteiger charge is -2.16.